The van der Waals surface area contributed by atoms with E-state index in [-0.39, 0.29) is 5.91 Å². The van der Waals surface area contributed by atoms with E-state index in [1.54, 1.807) is 10.9 Å². The van der Waals surface area contributed by atoms with Crippen LogP contribution in [-0.4, -0.2) is 58.8 Å². The Bertz CT molecular complexity index is 929. The van der Waals surface area contributed by atoms with E-state index in [1.807, 2.05) is 54.9 Å². The van der Waals surface area contributed by atoms with Crippen LogP contribution in [0.5, 0.6) is 0 Å². The van der Waals surface area contributed by atoms with Gasteiger partial charge in [0.05, 0.1) is 18.3 Å². The molecule has 150 valence electrons. The highest BCUT2D eigenvalue weighted by Crippen LogP contribution is 2.13. The third kappa shape index (κ3) is 5.00. The van der Waals surface area contributed by atoms with Gasteiger partial charge in [-0.1, -0.05) is 24.3 Å². The molecule has 0 saturated carbocycles. The quantitative estimate of drug-likeness (QED) is 0.696. The number of hydrogen-bond donors (Lipinski definition) is 1. The fourth-order valence-corrected chi connectivity index (χ4v) is 3.37. The number of para-hydroxylation sites is 1. The van der Waals surface area contributed by atoms with E-state index < -0.39 is 0 Å². The second kappa shape index (κ2) is 8.87. The van der Waals surface area contributed by atoms with Crippen molar-refractivity contribution in [3.05, 3.63) is 72.2 Å². The second-order valence-electron chi connectivity index (χ2n) is 7.40. The van der Waals surface area contributed by atoms with E-state index in [0.29, 0.717) is 13.0 Å². The van der Waals surface area contributed by atoms with Gasteiger partial charge in [-0.2, -0.15) is 5.10 Å². The number of amides is 1. The molecule has 0 atom stereocenters. The number of pyridine rings is 1. The number of carbonyl (C=O) groups is 1. The highest BCUT2D eigenvalue weighted by molar-refractivity contribution is 5.78. The summed E-state index contributed by atoms with van der Waals surface area (Å²) in [6, 6.07) is 13.9. The maximum Gasteiger partial charge on any atom is 0.224 e. The van der Waals surface area contributed by atoms with Gasteiger partial charge in [-0.25, -0.2) is 9.67 Å². The normalized spacial score (nSPS) is 14.7. The summed E-state index contributed by atoms with van der Waals surface area (Å²) in [4.78, 5) is 21.5. The van der Waals surface area contributed by atoms with E-state index in [0.717, 1.165) is 48.8 Å². The molecule has 1 aliphatic heterocycles. The van der Waals surface area contributed by atoms with Gasteiger partial charge in [0.2, 0.25) is 5.91 Å². The first-order valence-electron chi connectivity index (χ1n) is 9.91. The number of likely N-dealkylation sites (N-methyl/N-ethyl adjacent to an activating group) is 1. The number of aromatic nitrogens is 3. The molecule has 1 saturated heterocycles. The summed E-state index contributed by atoms with van der Waals surface area (Å²) in [5.41, 5.74) is 2.86. The van der Waals surface area contributed by atoms with Crippen molar-refractivity contribution in [2.75, 3.05) is 38.1 Å². The monoisotopic (exact) mass is 390 g/mol. The Hall–Kier alpha value is -3.19. The van der Waals surface area contributed by atoms with Crippen LogP contribution in [0.3, 0.4) is 0 Å². The number of benzene rings is 1. The van der Waals surface area contributed by atoms with Crippen LogP contribution in [-0.2, 0) is 17.8 Å². The van der Waals surface area contributed by atoms with Gasteiger partial charge in [-0.15, -0.1) is 0 Å². The lowest BCUT2D eigenvalue weighted by Crippen LogP contribution is -2.44. The molecule has 3 heterocycles. The number of piperazine rings is 1. The highest BCUT2D eigenvalue weighted by Gasteiger charge is 2.15. The van der Waals surface area contributed by atoms with Crippen molar-refractivity contribution in [2.24, 2.45) is 0 Å². The van der Waals surface area contributed by atoms with Crippen LogP contribution in [0, 0.1) is 0 Å². The SMILES string of the molecule is CN1CCN(c2ccc(CNC(=O)Cc3cnn(-c4ccccc4)c3)cn2)CC1. The molecule has 0 unspecified atom stereocenters. The molecule has 0 spiro atoms. The molecule has 0 bridgehead atoms. The Morgan fingerprint density at radius 1 is 1.00 bits per heavy atom. The first-order valence-corrected chi connectivity index (χ1v) is 9.91. The lowest BCUT2D eigenvalue weighted by atomic mass is 10.2. The van der Waals surface area contributed by atoms with Gasteiger partial charge in [-0.05, 0) is 36.4 Å². The summed E-state index contributed by atoms with van der Waals surface area (Å²) in [5.74, 6) is 0.974. The highest BCUT2D eigenvalue weighted by atomic mass is 16.1. The molecule has 1 aliphatic rings. The predicted octanol–water partition coefficient (Wildman–Crippen LogP) is 1.88. The minimum absolute atomic E-state index is 0.0271. The largest absolute Gasteiger partial charge is 0.354 e. The zero-order valence-corrected chi connectivity index (χ0v) is 16.7. The van der Waals surface area contributed by atoms with Crippen LogP contribution in [0.1, 0.15) is 11.1 Å². The summed E-state index contributed by atoms with van der Waals surface area (Å²) in [5, 5.41) is 7.30. The number of hydrogen-bond acceptors (Lipinski definition) is 5. The van der Waals surface area contributed by atoms with Gasteiger partial charge in [-0.3, -0.25) is 4.79 Å². The molecule has 1 fully saturated rings. The first kappa shape index (κ1) is 19.1. The molecule has 4 rings (SSSR count). The van der Waals surface area contributed by atoms with Crippen molar-refractivity contribution in [1.82, 2.24) is 25.0 Å². The minimum atomic E-state index is -0.0271. The summed E-state index contributed by atoms with van der Waals surface area (Å²) in [7, 11) is 2.14. The first-order chi connectivity index (χ1) is 14.2. The summed E-state index contributed by atoms with van der Waals surface area (Å²) in [6.07, 6.45) is 5.78. The Balaban J connectivity index is 1.27. The van der Waals surface area contributed by atoms with Gasteiger partial charge < -0.3 is 15.1 Å². The van der Waals surface area contributed by atoms with Crippen LogP contribution in [0.15, 0.2) is 61.1 Å². The Labute approximate surface area is 171 Å². The maximum absolute atomic E-state index is 12.3. The molecule has 7 nitrogen and oxygen atoms in total. The molecule has 1 aromatic carbocycles. The van der Waals surface area contributed by atoms with E-state index in [1.165, 1.54) is 0 Å². The molecule has 0 aliphatic carbocycles. The van der Waals surface area contributed by atoms with Crippen molar-refractivity contribution in [2.45, 2.75) is 13.0 Å². The fourth-order valence-electron chi connectivity index (χ4n) is 3.37. The van der Waals surface area contributed by atoms with Crippen molar-refractivity contribution < 1.29 is 4.79 Å². The van der Waals surface area contributed by atoms with E-state index in [2.05, 4.69) is 32.2 Å². The number of carbonyl (C=O) groups excluding carboxylic acids is 1. The molecule has 3 aromatic rings. The standard InChI is InChI=1S/C22H26N6O/c1-26-9-11-27(12-10-26)21-8-7-18(14-23-21)15-24-22(29)13-19-16-25-28(17-19)20-5-3-2-4-6-20/h2-8,14,16-17H,9-13,15H2,1H3,(H,24,29). The molecule has 1 N–H and O–H groups in total. The van der Waals surface area contributed by atoms with Crippen molar-refractivity contribution in [1.29, 1.82) is 0 Å². The van der Waals surface area contributed by atoms with Gasteiger partial charge in [0.1, 0.15) is 5.82 Å². The van der Waals surface area contributed by atoms with Crippen LogP contribution in [0.4, 0.5) is 5.82 Å². The van der Waals surface area contributed by atoms with Crippen LogP contribution in [0.2, 0.25) is 0 Å². The van der Waals surface area contributed by atoms with Crippen LogP contribution in [0.25, 0.3) is 5.69 Å². The number of rotatable bonds is 6. The van der Waals surface area contributed by atoms with Gasteiger partial charge >= 0.3 is 0 Å². The molecule has 29 heavy (non-hydrogen) atoms. The summed E-state index contributed by atoms with van der Waals surface area (Å²) < 4.78 is 1.78. The van der Waals surface area contributed by atoms with E-state index in [4.69, 9.17) is 0 Å². The van der Waals surface area contributed by atoms with Crippen LogP contribution >= 0.6 is 0 Å². The lowest BCUT2D eigenvalue weighted by molar-refractivity contribution is -0.120. The third-order valence-corrected chi connectivity index (χ3v) is 5.15. The number of anilines is 1. The third-order valence-electron chi connectivity index (χ3n) is 5.15. The predicted molar refractivity (Wildman–Crippen MR) is 113 cm³/mol. The van der Waals surface area contributed by atoms with Crippen molar-refractivity contribution in [3.63, 3.8) is 0 Å². The fraction of sp³-hybridized carbons (Fsp3) is 0.318. The van der Waals surface area contributed by atoms with E-state index in [9.17, 15) is 4.79 Å². The average molecular weight is 390 g/mol. The number of nitrogens with one attached hydrogen (secondary N) is 1. The summed E-state index contributed by atoms with van der Waals surface area (Å²) >= 11 is 0. The zero-order valence-electron chi connectivity index (χ0n) is 16.7. The molecule has 1 amide bonds. The molecular weight excluding hydrogens is 364 g/mol. The Morgan fingerprint density at radius 2 is 1.79 bits per heavy atom. The summed E-state index contributed by atoms with van der Waals surface area (Å²) in [6.45, 7) is 4.58. The molecular formula is C22H26N6O. The van der Waals surface area contributed by atoms with E-state index >= 15 is 0 Å². The Morgan fingerprint density at radius 3 is 2.52 bits per heavy atom. The van der Waals surface area contributed by atoms with Crippen molar-refractivity contribution in [3.8, 4) is 5.69 Å². The average Bonchev–Trinajstić information content (AvgIpc) is 3.22. The molecule has 2 aromatic heterocycles. The molecule has 0 radical (unpaired) electrons. The maximum atomic E-state index is 12.3. The zero-order chi connectivity index (χ0) is 20.1. The Kier molecular flexibility index (Phi) is 5.86. The van der Waals surface area contributed by atoms with Crippen molar-refractivity contribution >= 4 is 11.7 Å². The minimum Gasteiger partial charge on any atom is -0.354 e. The number of nitrogens with zero attached hydrogens (tertiary/aromatic N) is 5. The molecule has 7 heteroatoms. The smallest absolute Gasteiger partial charge is 0.224 e. The van der Waals surface area contributed by atoms with Gasteiger partial charge in [0.25, 0.3) is 0 Å². The second-order valence-corrected chi connectivity index (χ2v) is 7.40. The van der Waals surface area contributed by atoms with Gasteiger partial charge in [0, 0.05) is 45.1 Å². The topological polar surface area (TPSA) is 66.3 Å². The lowest BCUT2D eigenvalue weighted by Gasteiger charge is -2.33. The van der Waals surface area contributed by atoms with Crippen LogP contribution < -0.4 is 10.2 Å². The van der Waals surface area contributed by atoms with Gasteiger partial charge in [0.15, 0.2) is 0 Å².